The van der Waals surface area contributed by atoms with E-state index < -0.39 is 5.60 Å². The zero-order chi connectivity index (χ0) is 15.2. The molecule has 3 N–H and O–H groups in total. The molecule has 7 nitrogen and oxygen atoms in total. The van der Waals surface area contributed by atoms with E-state index in [1.54, 1.807) is 4.90 Å². The van der Waals surface area contributed by atoms with Crippen LogP contribution in [0.1, 0.15) is 33.6 Å². The Morgan fingerprint density at radius 3 is 2.50 bits per heavy atom. The van der Waals surface area contributed by atoms with Crippen molar-refractivity contribution in [3.8, 4) is 0 Å². The van der Waals surface area contributed by atoms with Crippen LogP contribution < -0.4 is 11.3 Å². The lowest BCUT2D eigenvalue weighted by molar-refractivity contribution is -0.121. The summed E-state index contributed by atoms with van der Waals surface area (Å²) in [4.78, 5) is 27.0. The molecule has 0 aromatic carbocycles. The molecule has 0 saturated carbocycles. The van der Waals surface area contributed by atoms with Gasteiger partial charge < -0.3 is 14.5 Å². The molecule has 116 valence electrons. The van der Waals surface area contributed by atoms with Gasteiger partial charge in [0.1, 0.15) is 5.60 Å². The van der Waals surface area contributed by atoms with Crippen LogP contribution >= 0.6 is 0 Å². The highest BCUT2D eigenvalue weighted by Crippen LogP contribution is 2.12. The van der Waals surface area contributed by atoms with Gasteiger partial charge in [0.05, 0.1) is 0 Å². The smallest absolute Gasteiger partial charge is 0.410 e. The number of rotatable bonds is 3. The van der Waals surface area contributed by atoms with Crippen LogP contribution in [0.4, 0.5) is 4.79 Å². The molecule has 0 bridgehead atoms. The van der Waals surface area contributed by atoms with Crippen molar-refractivity contribution in [2.75, 3.05) is 32.7 Å². The lowest BCUT2D eigenvalue weighted by Gasteiger charge is -2.26. The van der Waals surface area contributed by atoms with Crippen LogP contribution in [0.3, 0.4) is 0 Å². The van der Waals surface area contributed by atoms with Crippen LogP contribution in [0.15, 0.2) is 0 Å². The number of amides is 2. The zero-order valence-electron chi connectivity index (χ0n) is 12.6. The fourth-order valence-electron chi connectivity index (χ4n) is 2.04. The molecule has 0 unspecified atom stereocenters. The summed E-state index contributed by atoms with van der Waals surface area (Å²) in [7, 11) is 0. The van der Waals surface area contributed by atoms with Crippen LogP contribution in [-0.4, -0.2) is 60.1 Å². The summed E-state index contributed by atoms with van der Waals surface area (Å²) < 4.78 is 5.37. The fourth-order valence-corrected chi connectivity index (χ4v) is 2.04. The van der Waals surface area contributed by atoms with Gasteiger partial charge in [0, 0.05) is 32.6 Å². The first-order chi connectivity index (χ1) is 9.31. The van der Waals surface area contributed by atoms with E-state index in [0.29, 0.717) is 26.1 Å². The van der Waals surface area contributed by atoms with E-state index in [4.69, 9.17) is 10.6 Å². The summed E-state index contributed by atoms with van der Waals surface area (Å²) in [6.07, 6.45) is 0.992. The van der Waals surface area contributed by atoms with Crippen molar-refractivity contribution in [3.05, 3.63) is 0 Å². The van der Waals surface area contributed by atoms with Crippen LogP contribution in [0, 0.1) is 0 Å². The molecule has 0 spiro atoms. The van der Waals surface area contributed by atoms with Gasteiger partial charge in [0.25, 0.3) is 0 Å². The number of carbonyl (C=O) groups is 2. The Labute approximate surface area is 120 Å². The highest BCUT2D eigenvalue weighted by Gasteiger charge is 2.24. The van der Waals surface area contributed by atoms with E-state index in [1.807, 2.05) is 20.8 Å². The van der Waals surface area contributed by atoms with Crippen molar-refractivity contribution in [1.82, 2.24) is 15.2 Å². The fraction of sp³-hybridized carbons (Fsp3) is 0.846. The molecule has 0 atom stereocenters. The maximum Gasteiger partial charge on any atom is 0.410 e. The molecular formula is C13H26N4O3. The molecule has 0 radical (unpaired) electrons. The van der Waals surface area contributed by atoms with Gasteiger partial charge in [-0.1, -0.05) is 0 Å². The van der Waals surface area contributed by atoms with Crippen molar-refractivity contribution in [3.63, 3.8) is 0 Å². The quantitative estimate of drug-likeness (QED) is 0.443. The van der Waals surface area contributed by atoms with E-state index in [0.717, 1.165) is 19.5 Å². The van der Waals surface area contributed by atoms with Crippen molar-refractivity contribution >= 4 is 12.0 Å². The van der Waals surface area contributed by atoms with Gasteiger partial charge in [-0.05, 0) is 33.7 Å². The molecule has 1 heterocycles. The largest absolute Gasteiger partial charge is 0.444 e. The lowest BCUT2D eigenvalue weighted by Crippen LogP contribution is -2.39. The van der Waals surface area contributed by atoms with E-state index in [1.165, 1.54) is 0 Å². The minimum absolute atomic E-state index is 0.168. The summed E-state index contributed by atoms with van der Waals surface area (Å²) in [5.41, 5.74) is 1.65. The van der Waals surface area contributed by atoms with Gasteiger partial charge in [-0.3, -0.25) is 10.2 Å². The number of ether oxygens (including phenoxy) is 1. The van der Waals surface area contributed by atoms with Gasteiger partial charge in [-0.25, -0.2) is 10.6 Å². The number of hydrogen-bond donors (Lipinski definition) is 2. The summed E-state index contributed by atoms with van der Waals surface area (Å²) in [5, 5.41) is 0. The van der Waals surface area contributed by atoms with E-state index >= 15 is 0 Å². The van der Waals surface area contributed by atoms with Gasteiger partial charge in [0.2, 0.25) is 5.91 Å². The maximum atomic E-state index is 12.0. The van der Waals surface area contributed by atoms with Gasteiger partial charge in [-0.2, -0.15) is 0 Å². The second-order valence-corrected chi connectivity index (χ2v) is 5.98. The summed E-state index contributed by atoms with van der Waals surface area (Å²) in [6.45, 7) is 9.18. The molecule has 2 amide bonds. The topological polar surface area (TPSA) is 87.9 Å². The van der Waals surface area contributed by atoms with E-state index in [2.05, 4.69) is 10.3 Å². The Hall–Kier alpha value is -1.34. The van der Waals surface area contributed by atoms with Crippen molar-refractivity contribution in [2.24, 2.45) is 5.84 Å². The average molecular weight is 286 g/mol. The summed E-state index contributed by atoms with van der Waals surface area (Å²) in [6, 6.07) is 0. The Bertz CT molecular complexity index is 341. The molecule has 1 rings (SSSR count). The number of nitrogens with one attached hydrogen (secondary N) is 1. The van der Waals surface area contributed by atoms with Crippen molar-refractivity contribution < 1.29 is 14.3 Å². The van der Waals surface area contributed by atoms with E-state index in [-0.39, 0.29) is 12.0 Å². The van der Waals surface area contributed by atoms with Gasteiger partial charge in [0.15, 0.2) is 0 Å². The predicted octanol–water partition coefficient (Wildman–Crippen LogP) is 0.309. The SMILES string of the molecule is CC(C)(C)OC(=O)N1CCCN(CCC(=O)NN)CC1. The first-order valence-corrected chi connectivity index (χ1v) is 7.01. The molecule has 1 aliphatic rings. The number of hydrogen-bond acceptors (Lipinski definition) is 5. The van der Waals surface area contributed by atoms with Crippen molar-refractivity contribution in [2.45, 2.75) is 39.2 Å². The number of nitrogens with two attached hydrogens (primary N) is 1. The second kappa shape index (κ2) is 7.44. The Morgan fingerprint density at radius 1 is 1.20 bits per heavy atom. The Morgan fingerprint density at radius 2 is 1.90 bits per heavy atom. The molecule has 7 heteroatoms. The molecule has 1 saturated heterocycles. The molecule has 1 fully saturated rings. The lowest BCUT2D eigenvalue weighted by atomic mass is 10.2. The Balaban J connectivity index is 2.39. The van der Waals surface area contributed by atoms with Gasteiger partial charge in [-0.15, -0.1) is 0 Å². The van der Waals surface area contributed by atoms with Crippen LogP contribution in [0.5, 0.6) is 0 Å². The minimum Gasteiger partial charge on any atom is -0.444 e. The molecule has 20 heavy (non-hydrogen) atoms. The molecule has 0 aromatic rings. The molecule has 1 aliphatic heterocycles. The first-order valence-electron chi connectivity index (χ1n) is 7.01. The average Bonchev–Trinajstić information content (AvgIpc) is 2.59. The highest BCUT2D eigenvalue weighted by atomic mass is 16.6. The third kappa shape index (κ3) is 6.21. The molecule has 0 aliphatic carbocycles. The Kier molecular flexibility index (Phi) is 6.22. The zero-order valence-corrected chi connectivity index (χ0v) is 12.6. The second-order valence-electron chi connectivity index (χ2n) is 5.98. The van der Waals surface area contributed by atoms with Gasteiger partial charge >= 0.3 is 6.09 Å². The maximum absolute atomic E-state index is 12.0. The normalized spacial score (nSPS) is 17.5. The summed E-state index contributed by atoms with van der Waals surface area (Å²) >= 11 is 0. The molecule has 0 aromatic heterocycles. The van der Waals surface area contributed by atoms with Crippen LogP contribution in [0.2, 0.25) is 0 Å². The van der Waals surface area contributed by atoms with Crippen LogP contribution in [-0.2, 0) is 9.53 Å². The number of nitrogens with zero attached hydrogens (tertiary/aromatic N) is 2. The summed E-state index contributed by atoms with van der Waals surface area (Å²) in [5.74, 6) is 4.88. The van der Waals surface area contributed by atoms with E-state index in [9.17, 15) is 9.59 Å². The number of carbonyl (C=O) groups excluding carboxylic acids is 2. The third-order valence-corrected chi connectivity index (χ3v) is 3.06. The van der Waals surface area contributed by atoms with Crippen molar-refractivity contribution in [1.29, 1.82) is 0 Å². The van der Waals surface area contributed by atoms with Crippen LogP contribution in [0.25, 0.3) is 0 Å². The third-order valence-electron chi connectivity index (χ3n) is 3.06. The number of hydrazine groups is 1. The molecular weight excluding hydrogens is 260 g/mol. The monoisotopic (exact) mass is 286 g/mol. The minimum atomic E-state index is -0.470. The first kappa shape index (κ1) is 16.7. The highest BCUT2D eigenvalue weighted by molar-refractivity contribution is 5.75. The standard InChI is InChI=1S/C13H26N4O3/c1-13(2,3)20-12(19)17-7-4-6-16(9-10-17)8-5-11(18)15-14/h4-10,14H2,1-3H3,(H,15,18). The predicted molar refractivity (Wildman–Crippen MR) is 75.8 cm³/mol.